The average molecular weight is 476 g/mol. The lowest BCUT2D eigenvalue weighted by molar-refractivity contribution is -0.118. The number of carbonyl (C=O) groups is 2. The van der Waals surface area contributed by atoms with Gasteiger partial charge in [0.2, 0.25) is 0 Å². The molecule has 2 aromatic carbocycles. The summed E-state index contributed by atoms with van der Waals surface area (Å²) in [6, 6.07) is 14.3. The molecule has 8 heteroatoms. The van der Waals surface area contributed by atoms with Crippen LogP contribution in [-0.4, -0.2) is 30.9 Å². The number of ether oxygens (including phenoxy) is 1. The van der Waals surface area contributed by atoms with Gasteiger partial charge < -0.3 is 4.74 Å². The highest BCUT2D eigenvalue weighted by molar-refractivity contribution is 14.1. The predicted octanol–water partition coefficient (Wildman–Crippen LogP) is 3.05. The number of carbonyl (C=O) groups excluding carboxylic acids is 2. The van der Waals surface area contributed by atoms with Crippen molar-refractivity contribution in [3.63, 3.8) is 0 Å². The van der Waals surface area contributed by atoms with Crippen molar-refractivity contribution in [2.24, 2.45) is 16.1 Å². The first-order valence-electron chi connectivity index (χ1n) is 8.12. The van der Waals surface area contributed by atoms with Gasteiger partial charge in [-0.05, 0) is 59.8 Å². The summed E-state index contributed by atoms with van der Waals surface area (Å²) in [5.74, 6) is -0.606. The number of para-hydroxylation sites is 1. The van der Waals surface area contributed by atoms with Gasteiger partial charge in [-0.2, -0.15) is 15.2 Å². The number of anilines is 1. The standard InChI is InChI=1S/C19H17IN4O3/c1-12-15(19(26)24(23-12)14-6-4-3-5-7-14)11-21-22-18(25)13-8-9-16(20)17(10-13)27-2/h3-11,15H,1-2H3,(H,22,25)/b21-11-/t15-/m1/s1. The van der Waals surface area contributed by atoms with Crippen molar-refractivity contribution in [2.75, 3.05) is 12.1 Å². The van der Waals surface area contributed by atoms with E-state index in [0.29, 0.717) is 22.7 Å². The molecular weight excluding hydrogens is 459 g/mol. The fourth-order valence-electron chi connectivity index (χ4n) is 2.54. The van der Waals surface area contributed by atoms with Crippen LogP contribution in [0.5, 0.6) is 5.75 Å². The van der Waals surface area contributed by atoms with Gasteiger partial charge in [0.25, 0.3) is 11.8 Å². The molecule has 0 aromatic heterocycles. The van der Waals surface area contributed by atoms with Crippen molar-refractivity contribution in [1.82, 2.24) is 5.43 Å². The maximum atomic E-state index is 12.6. The van der Waals surface area contributed by atoms with Crippen molar-refractivity contribution in [3.8, 4) is 5.75 Å². The van der Waals surface area contributed by atoms with Crippen LogP contribution in [0.15, 0.2) is 58.7 Å². The van der Waals surface area contributed by atoms with Gasteiger partial charge in [0, 0.05) is 11.8 Å². The van der Waals surface area contributed by atoms with E-state index in [9.17, 15) is 9.59 Å². The summed E-state index contributed by atoms with van der Waals surface area (Å²) >= 11 is 2.12. The fraction of sp³-hybridized carbons (Fsp3) is 0.158. The number of nitrogens with one attached hydrogen (secondary N) is 1. The molecule has 0 fully saturated rings. The van der Waals surface area contributed by atoms with Crippen LogP contribution in [0, 0.1) is 9.49 Å². The third-order valence-corrected chi connectivity index (χ3v) is 4.88. The Labute approximate surface area is 170 Å². The Bertz CT molecular complexity index is 928. The molecule has 1 heterocycles. The van der Waals surface area contributed by atoms with E-state index < -0.39 is 5.92 Å². The Morgan fingerprint density at radius 1 is 1.30 bits per heavy atom. The second-order valence-corrected chi connectivity index (χ2v) is 6.94. The molecule has 0 unspecified atom stereocenters. The van der Waals surface area contributed by atoms with Crippen LogP contribution in [0.1, 0.15) is 17.3 Å². The first kappa shape index (κ1) is 19.0. The Hall–Kier alpha value is -2.75. The molecular formula is C19H17IN4O3. The van der Waals surface area contributed by atoms with Crippen molar-refractivity contribution < 1.29 is 14.3 Å². The molecule has 0 spiro atoms. The van der Waals surface area contributed by atoms with E-state index in [2.05, 4.69) is 38.2 Å². The smallest absolute Gasteiger partial charge is 0.271 e. The van der Waals surface area contributed by atoms with Crippen molar-refractivity contribution in [1.29, 1.82) is 0 Å². The topological polar surface area (TPSA) is 83.4 Å². The number of amides is 2. The van der Waals surface area contributed by atoms with Crippen molar-refractivity contribution >= 4 is 52.0 Å². The minimum absolute atomic E-state index is 0.215. The molecule has 1 aliphatic rings. The molecule has 0 saturated heterocycles. The number of hydrazone groups is 2. The number of hydrogen-bond acceptors (Lipinski definition) is 5. The van der Waals surface area contributed by atoms with Gasteiger partial charge in [-0.1, -0.05) is 18.2 Å². The van der Waals surface area contributed by atoms with Crippen LogP contribution in [0.4, 0.5) is 5.69 Å². The maximum absolute atomic E-state index is 12.6. The summed E-state index contributed by atoms with van der Waals surface area (Å²) in [7, 11) is 1.55. The summed E-state index contributed by atoms with van der Waals surface area (Å²) in [5.41, 5.74) is 4.15. The van der Waals surface area contributed by atoms with Crippen LogP contribution in [-0.2, 0) is 4.79 Å². The Morgan fingerprint density at radius 2 is 2.04 bits per heavy atom. The van der Waals surface area contributed by atoms with E-state index in [0.717, 1.165) is 3.57 Å². The Morgan fingerprint density at radius 3 is 2.74 bits per heavy atom. The second kappa shape index (κ2) is 8.30. The zero-order valence-electron chi connectivity index (χ0n) is 14.7. The molecule has 0 aliphatic carbocycles. The van der Waals surface area contributed by atoms with Gasteiger partial charge in [0.1, 0.15) is 11.7 Å². The number of benzene rings is 2. The molecule has 3 rings (SSSR count). The number of methoxy groups -OCH3 is 1. The Balaban J connectivity index is 1.67. The predicted molar refractivity (Wildman–Crippen MR) is 112 cm³/mol. The van der Waals surface area contributed by atoms with Crippen LogP contribution < -0.4 is 15.2 Å². The first-order chi connectivity index (χ1) is 13.0. The van der Waals surface area contributed by atoms with Crippen LogP contribution in [0.2, 0.25) is 0 Å². The lowest BCUT2D eigenvalue weighted by atomic mass is 10.1. The van der Waals surface area contributed by atoms with Crippen molar-refractivity contribution in [2.45, 2.75) is 6.92 Å². The fourth-order valence-corrected chi connectivity index (χ4v) is 3.10. The molecule has 2 amide bonds. The average Bonchev–Trinajstić information content (AvgIpc) is 2.97. The lowest BCUT2D eigenvalue weighted by Crippen LogP contribution is -2.29. The summed E-state index contributed by atoms with van der Waals surface area (Å²) in [6.07, 6.45) is 1.39. The van der Waals surface area contributed by atoms with E-state index in [1.54, 1.807) is 44.4 Å². The van der Waals surface area contributed by atoms with Crippen LogP contribution in [0.3, 0.4) is 0 Å². The zero-order valence-corrected chi connectivity index (χ0v) is 16.9. The third kappa shape index (κ3) is 4.16. The maximum Gasteiger partial charge on any atom is 0.271 e. The molecule has 1 atom stereocenters. The monoisotopic (exact) mass is 476 g/mol. The van der Waals surface area contributed by atoms with E-state index in [1.165, 1.54) is 11.2 Å². The van der Waals surface area contributed by atoms with Crippen molar-refractivity contribution in [3.05, 3.63) is 57.7 Å². The Kier molecular flexibility index (Phi) is 5.84. The number of halogens is 1. The summed E-state index contributed by atoms with van der Waals surface area (Å²) in [6.45, 7) is 1.75. The SMILES string of the molecule is COc1cc(C(=O)N/N=C\[C@H]2C(=O)N(c3ccccc3)N=C2C)ccc1I. The molecule has 1 N–H and O–H groups in total. The van der Waals surface area contributed by atoms with E-state index in [4.69, 9.17) is 4.74 Å². The largest absolute Gasteiger partial charge is 0.496 e. The molecule has 0 saturated carbocycles. The minimum atomic E-state index is -0.614. The molecule has 27 heavy (non-hydrogen) atoms. The van der Waals surface area contributed by atoms with Crippen LogP contribution in [0.25, 0.3) is 0 Å². The molecule has 1 aliphatic heterocycles. The highest BCUT2D eigenvalue weighted by Gasteiger charge is 2.33. The molecule has 138 valence electrons. The molecule has 2 aromatic rings. The van der Waals surface area contributed by atoms with E-state index in [-0.39, 0.29) is 11.8 Å². The summed E-state index contributed by atoms with van der Waals surface area (Å²) < 4.78 is 6.11. The van der Waals surface area contributed by atoms with E-state index >= 15 is 0 Å². The number of rotatable bonds is 5. The van der Waals surface area contributed by atoms with Gasteiger partial charge in [-0.3, -0.25) is 9.59 Å². The summed E-state index contributed by atoms with van der Waals surface area (Å²) in [5, 5.41) is 9.57. The van der Waals surface area contributed by atoms with Crippen LogP contribution >= 0.6 is 22.6 Å². The normalized spacial score (nSPS) is 16.6. The lowest BCUT2D eigenvalue weighted by Gasteiger charge is -2.12. The van der Waals surface area contributed by atoms with Gasteiger partial charge in [-0.25, -0.2) is 5.43 Å². The minimum Gasteiger partial charge on any atom is -0.496 e. The zero-order chi connectivity index (χ0) is 19.4. The van der Waals surface area contributed by atoms with Gasteiger partial charge in [0.15, 0.2) is 0 Å². The number of hydrogen-bond donors (Lipinski definition) is 1. The molecule has 7 nitrogen and oxygen atoms in total. The van der Waals surface area contributed by atoms with Gasteiger partial charge >= 0.3 is 0 Å². The molecule has 0 bridgehead atoms. The summed E-state index contributed by atoms with van der Waals surface area (Å²) in [4.78, 5) is 24.8. The highest BCUT2D eigenvalue weighted by atomic mass is 127. The third-order valence-electron chi connectivity index (χ3n) is 3.99. The quantitative estimate of drug-likeness (QED) is 0.409. The van der Waals surface area contributed by atoms with Gasteiger partial charge in [0.05, 0.1) is 22.1 Å². The highest BCUT2D eigenvalue weighted by Crippen LogP contribution is 2.23. The van der Waals surface area contributed by atoms with E-state index in [1.807, 2.05) is 18.2 Å². The second-order valence-electron chi connectivity index (χ2n) is 5.77. The number of nitrogens with zero attached hydrogens (tertiary/aromatic N) is 3. The van der Waals surface area contributed by atoms with Gasteiger partial charge in [-0.15, -0.1) is 0 Å². The first-order valence-corrected chi connectivity index (χ1v) is 9.20. The molecule has 0 radical (unpaired) electrons.